The van der Waals surface area contributed by atoms with Crippen molar-refractivity contribution in [2.45, 2.75) is 0 Å². The third-order valence-corrected chi connectivity index (χ3v) is 7.90. The maximum Gasteiger partial charge on any atom is 0.161 e. The second-order valence-electron chi connectivity index (χ2n) is 10.5. The quantitative estimate of drug-likeness (QED) is 0.119. The zero-order valence-electron chi connectivity index (χ0n) is 32.9. The Kier molecular flexibility index (Phi) is 4.92. The molecule has 8 rings (SSSR count). The van der Waals surface area contributed by atoms with Crippen molar-refractivity contribution in [3.05, 3.63) is 167 Å². The lowest BCUT2D eigenvalue weighted by atomic mass is 9.96. The van der Waals surface area contributed by atoms with E-state index in [4.69, 9.17) is 28.4 Å². The van der Waals surface area contributed by atoms with Crippen molar-refractivity contribution in [2.24, 2.45) is 9.98 Å². The maximum atomic E-state index is 9.19. The van der Waals surface area contributed by atoms with Gasteiger partial charge in [0.25, 0.3) is 0 Å². The van der Waals surface area contributed by atoms with Crippen LogP contribution < -0.4 is 0 Å². The molecule has 4 nitrogen and oxygen atoms in total. The van der Waals surface area contributed by atoms with E-state index in [-0.39, 0.29) is 68.1 Å². The van der Waals surface area contributed by atoms with E-state index in [9.17, 15) is 5.41 Å². The second-order valence-corrected chi connectivity index (χ2v) is 10.9. The molecule has 0 unspecified atom stereocenters. The van der Waals surface area contributed by atoms with E-state index in [2.05, 4.69) is 46.4 Å². The summed E-state index contributed by atoms with van der Waals surface area (Å²) in [7, 11) is 0. The molecule has 0 saturated carbocycles. The third-order valence-electron chi connectivity index (χ3n) is 7.69. The Hall–Kier alpha value is -5.84. The Morgan fingerprint density at radius 3 is 2.30 bits per heavy atom. The van der Waals surface area contributed by atoms with Gasteiger partial charge in [-0.25, -0.2) is 9.98 Å². The number of hydrogen-bond acceptors (Lipinski definition) is 2. The fourth-order valence-electron chi connectivity index (χ4n) is 5.51. The summed E-state index contributed by atoms with van der Waals surface area (Å²) in [5, 5.41) is 14.0. The van der Waals surface area contributed by atoms with Gasteiger partial charge in [-0.1, -0.05) is 127 Å². The average Bonchev–Trinajstić information content (AvgIpc) is 3.57. The van der Waals surface area contributed by atoms with Crippen LogP contribution in [0.3, 0.4) is 0 Å². The molecule has 1 heterocycles. The highest BCUT2D eigenvalue weighted by molar-refractivity contribution is 6.32. The Balaban J connectivity index is 1.28. The summed E-state index contributed by atoms with van der Waals surface area (Å²) in [4.78, 5) is 9.01. The minimum absolute atomic E-state index is 0.0205. The smallest absolute Gasteiger partial charge is 0.161 e. The van der Waals surface area contributed by atoms with Gasteiger partial charge in [0, 0.05) is 33.1 Å². The van der Waals surface area contributed by atoms with Gasteiger partial charge in [0.1, 0.15) is 11.2 Å². The molecule has 218 valence electrons. The van der Waals surface area contributed by atoms with Crippen molar-refractivity contribution in [1.29, 1.82) is 5.41 Å². The first-order chi connectivity index (χ1) is 26.3. The maximum absolute atomic E-state index is 9.19. The molecule has 1 N–H and O–H groups in total. The summed E-state index contributed by atoms with van der Waals surface area (Å²) in [5.74, 6) is -0.537. The standard InChI is InChI=1S/C41H26ClN3O/c42-32-21-22-37-36(24-32)39-34(11-6-12-38(39)46-37)40(43)45-41(44-25-26-7-2-1-3-8-26)30-18-13-27(14-19-30)31-20-17-29-16-15-28-9-4-5-10-33(28)35(29)23-31/h1-25,43H/i1D,2D,3D,7D,8D,11D,12D,21D,22D. The second kappa shape index (κ2) is 11.6. The Morgan fingerprint density at radius 2 is 1.46 bits per heavy atom. The number of fused-ring (bicyclic) bond motifs is 6. The van der Waals surface area contributed by atoms with E-state index >= 15 is 0 Å². The van der Waals surface area contributed by atoms with Crippen LogP contribution in [-0.4, -0.2) is 17.9 Å². The number of amidine groups is 2. The van der Waals surface area contributed by atoms with Gasteiger partial charge in [0.15, 0.2) is 11.7 Å². The number of rotatable bonds is 4. The van der Waals surface area contributed by atoms with Crippen LogP contribution in [0.25, 0.3) is 54.6 Å². The normalized spacial score (nSPS) is 14.9. The van der Waals surface area contributed by atoms with Crippen LogP contribution in [0.15, 0.2) is 160 Å². The number of nitrogens with one attached hydrogen (secondary N) is 1. The van der Waals surface area contributed by atoms with Crippen molar-refractivity contribution in [3.63, 3.8) is 0 Å². The van der Waals surface area contributed by atoms with Crippen LogP contribution in [-0.2, 0) is 0 Å². The molecule has 7 aromatic carbocycles. The number of furan rings is 1. The van der Waals surface area contributed by atoms with Crippen molar-refractivity contribution in [1.82, 2.24) is 0 Å². The zero-order chi connectivity index (χ0) is 38.9. The minimum Gasteiger partial charge on any atom is -0.456 e. The molecular weight excluding hydrogens is 586 g/mol. The molecule has 0 aliphatic rings. The Bertz CT molecular complexity index is 2980. The van der Waals surface area contributed by atoms with Gasteiger partial charge in [0.2, 0.25) is 0 Å². The van der Waals surface area contributed by atoms with Gasteiger partial charge in [0.05, 0.1) is 12.3 Å². The van der Waals surface area contributed by atoms with Gasteiger partial charge in [-0.3, -0.25) is 5.41 Å². The predicted octanol–water partition coefficient (Wildman–Crippen LogP) is 11.1. The SMILES string of the molecule is [2H]c1cc([2H])c2oc3c([2H])c([2H])c(Cl)cc3c2c1C(=N)N=C(N=Cc1c([2H])c([2H])c([2H])c([2H])c1[2H])c1ccc(-c2ccc3ccc4ccccc4c3c2)cc1. The molecule has 0 amide bonds. The van der Waals surface area contributed by atoms with Crippen LogP contribution >= 0.6 is 11.6 Å². The molecule has 5 heteroatoms. The summed E-state index contributed by atoms with van der Waals surface area (Å²) in [5.41, 5.74) is 1.97. The summed E-state index contributed by atoms with van der Waals surface area (Å²) >= 11 is 6.28. The molecule has 0 aliphatic carbocycles. The van der Waals surface area contributed by atoms with Gasteiger partial charge in [-0.2, -0.15) is 0 Å². The first-order valence-corrected chi connectivity index (χ1v) is 14.6. The molecule has 0 saturated heterocycles. The summed E-state index contributed by atoms with van der Waals surface area (Å²) < 4.78 is 80.7. The molecule has 0 spiro atoms. The summed E-state index contributed by atoms with van der Waals surface area (Å²) in [6.45, 7) is 0. The Labute approximate surface area is 283 Å². The van der Waals surface area contributed by atoms with Crippen molar-refractivity contribution in [2.75, 3.05) is 0 Å². The largest absolute Gasteiger partial charge is 0.456 e. The molecule has 0 atom stereocenters. The topological polar surface area (TPSA) is 61.7 Å². The van der Waals surface area contributed by atoms with E-state index in [1.807, 2.05) is 30.3 Å². The van der Waals surface area contributed by atoms with Crippen molar-refractivity contribution >= 4 is 73.0 Å². The van der Waals surface area contributed by atoms with E-state index in [1.165, 1.54) is 12.1 Å². The van der Waals surface area contributed by atoms with E-state index in [1.54, 1.807) is 12.1 Å². The Morgan fingerprint density at radius 1 is 0.696 bits per heavy atom. The molecule has 46 heavy (non-hydrogen) atoms. The van der Waals surface area contributed by atoms with Gasteiger partial charge in [-0.05, 0) is 68.5 Å². The van der Waals surface area contributed by atoms with Gasteiger partial charge >= 0.3 is 0 Å². The highest BCUT2D eigenvalue weighted by Gasteiger charge is 2.15. The summed E-state index contributed by atoms with van der Waals surface area (Å²) in [6.07, 6.45) is 1.11. The van der Waals surface area contributed by atoms with E-state index in [0.29, 0.717) is 5.56 Å². The first-order valence-electron chi connectivity index (χ1n) is 18.8. The molecule has 8 aromatic rings. The van der Waals surface area contributed by atoms with Crippen LogP contribution in [0.2, 0.25) is 5.02 Å². The fourth-order valence-corrected chi connectivity index (χ4v) is 5.67. The number of aliphatic imine (C=N–C) groups is 2. The fraction of sp³-hybridized carbons (Fsp3) is 0. The van der Waals surface area contributed by atoms with Crippen LogP contribution in [0, 0.1) is 5.41 Å². The molecule has 0 fully saturated rings. The zero-order valence-corrected chi connectivity index (χ0v) is 24.7. The van der Waals surface area contributed by atoms with Gasteiger partial charge < -0.3 is 4.42 Å². The lowest BCUT2D eigenvalue weighted by molar-refractivity contribution is 0.669. The van der Waals surface area contributed by atoms with Crippen molar-refractivity contribution in [3.8, 4) is 11.1 Å². The highest BCUT2D eigenvalue weighted by atomic mass is 35.5. The van der Waals surface area contributed by atoms with E-state index < -0.39 is 36.0 Å². The number of benzene rings is 7. The molecular formula is C41H26ClN3O. The lowest BCUT2D eigenvalue weighted by Crippen LogP contribution is -2.05. The van der Waals surface area contributed by atoms with E-state index in [0.717, 1.165) is 38.9 Å². The highest BCUT2D eigenvalue weighted by Crippen LogP contribution is 2.34. The van der Waals surface area contributed by atoms with Crippen LogP contribution in [0.4, 0.5) is 0 Å². The predicted molar refractivity (Wildman–Crippen MR) is 193 cm³/mol. The van der Waals surface area contributed by atoms with Gasteiger partial charge in [-0.15, -0.1) is 0 Å². The molecule has 0 bridgehead atoms. The monoisotopic (exact) mass is 620 g/mol. The average molecular weight is 621 g/mol. The number of nitrogens with zero attached hydrogens (tertiary/aromatic N) is 2. The van der Waals surface area contributed by atoms with Crippen molar-refractivity contribution < 1.29 is 16.8 Å². The van der Waals surface area contributed by atoms with Crippen LogP contribution in [0.5, 0.6) is 0 Å². The third kappa shape index (κ3) is 5.15. The molecule has 1 aromatic heterocycles. The molecule has 0 aliphatic heterocycles. The van der Waals surface area contributed by atoms with Crippen LogP contribution in [0.1, 0.15) is 29.0 Å². The minimum atomic E-state index is -0.550. The summed E-state index contributed by atoms with van der Waals surface area (Å²) in [6, 6.07) is 24.8. The lowest BCUT2D eigenvalue weighted by Gasteiger charge is -2.09. The molecule has 0 radical (unpaired) electrons. The first kappa shape index (κ1) is 19.5. The number of hydrogen-bond donors (Lipinski definition) is 1. The number of halogens is 1.